The van der Waals surface area contributed by atoms with Gasteiger partial charge in [0.25, 0.3) is 0 Å². The van der Waals surface area contributed by atoms with E-state index < -0.39 is 0 Å². The second-order valence-electron chi connectivity index (χ2n) is 5.83. The van der Waals surface area contributed by atoms with Gasteiger partial charge in [0.1, 0.15) is 10.9 Å². The third-order valence-corrected chi connectivity index (χ3v) is 4.22. The first kappa shape index (κ1) is 13.3. The topological polar surface area (TPSA) is 43.2 Å². The number of hydrogen-bond acceptors (Lipinski definition) is 5. The highest BCUT2D eigenvalue weighted by Gasteiger charge is 2.26. The molecule has 4 nitrogen and oxygen atoms in total. The zero-order valence-corrected chi connectivity index (χ0v) is 12.3. The highest BCUT2D eigenvalue weighted by molar-refractivity contribution is 7.16. The molecule has 1 aliphatic heterocycles. The Labute approximate surface area is 113 Å². The Kier molecular flexibility index (Phi) is 3.60. The van der Waals surface area contributed by atoms with E-state index in [2.05, 4.69) is 43.7 Å². The Morgan fingerprint density at radius 2 is 1.83 bits per heavy atom. The van der Waals surface area contributed by atoms with Gasteiger partial charge >= 0.3 is 0 Å². The van der Waals surface area contributed by atoms with E-state index in [4.69, 9.17) is 4.98 Å². The molecule has 1 aromatic heterocycles. The molecule has 0 aliphatic carbocycles. The predicted molar refractivity (Wildman–Crippen MR) is 75.2 cm³/mol. The van der Waals surface area contributed by atoms with E-state index in [-0.39, 0.29) is 5.41 Å². The van der Waals surface area contributed by atoms with Gasteiger partial charge in [-0.15, -0.1) is 0 Å². The number of rotatable bonds is 1. The third-order valence-electron chi connectivity index (χ3n) is 3.20. The molecule has 0 spiro atoms. The third kappa shape index (κ3) is 2.65. The van der Waals surface area contributed by atoms with Gasteiger partial charge in [-0.25, -0.2) is 4.98 Å². The lowest BCUT2D eigenvalue weighted by molar-refractivity contribution is 0.312. The molecule has 0 saturated carbocycles. The maximum absolute atomic E-state index is 9.23. The van der Waals surface area contributed by atoms with Gasteiger partial charge in [-0.3, -0.25) is 0 Å². The summed E-state index contributed by atoms with van der Waals surface area (Å²) in [6.45, 7) is 10.4. The van der Waals surface area contributed by atoms with Gasteiger partial charge in [-0.1, -0.05) is 32.1 Å². The van der Waals surface area contributed by atoms with Crippen molar-refractivity contribution in [3.63, 3.8) is 0 Å². The molecule has 0 N–H and O–H groups in total. The molecule has 0 radical (unpaired) electrons. The van der Waals surface area contributed by atoms with Crippen LogP contribution in [0, 0.1) is 11.3 Å². The van der Waals surface area contributed by atoms with Crippen molar-refractivity contribution in [1.82, 2.24) is 9.88 Å². The number of aromatic nitrogens is 1. The molecular weight excluding hydrogens is 244 g/mol. The average Bonchev–Trinajstić information content (AvgIpc) is 2.73. The van der Waals surface area contributed by atoms with Crippen LogP contribution in [0.15, 0.2) is 0 Å². The lowest BCUT2D eigenvalue weighted by Gasteiger charge is -2.32. The molecule has 1 fully saturated rings. The van der Waals surface area contributed by atoms with Gasteiger partial charge in [0.05, 0.1) is 5.69 Å². The molecule has 18 heavy (non-hydrogen) atoms. The SMILES string of the molecule is CN1CCN(c2nc(C(C)(C)C)c(C#N)s2)CC1. The molecular formula is C13H20N4S. The minimum atomic E-state index is -0.0631. The summed E-state index contributed by atoms with van der Waals surface area (Å²) in [7, 11) is 2.14. The van der Waals surface area contributed by atoms with Gasteiger partial charge in [0.15, 0.2) is 5.13 Å². The summed E-state index contributed by atoms with van der Waals surface area (Å²) in [5, 5.41) is 10.2. The number of anilines is 1. The van der Waals surface area contributed by atoms with Crippen LogP contribution >= 0.6 is 11.3 Å². The van der Waals surface area contributed by atoms with E-state index in [0.717, 1.165) is 41.9 Å². The van der Waals surface area contributed by atoms with Crippen molar-refractivity contribution in [2.75, 3.05) is 38.1 Å². The first-order chi connectivity index (χ1) is 8.41. The Morgan fingerprint density at radius 1 is 1.22 bits per heavy atom. The van der Waals surface area contributed by atoms with E-state index >= 15 is 0 Å². The van der Waals surface area contributed by atoms with Gasteiger partial charge in [0.2, 0.25) is 0 Å². The normalized spacial score (nSPS) is 17.8. The van der Waals surface area contributed by atoms with Crippen LogP contribution < -0.4 is 4.90 Å². The molecule has 2 heterocycles. The molecule has 0 atom stereocenters. The summed E-state index contributed by atoms with van der Waals surface area (Å²) in [5.74, 6) is 0. The summed E-state index contributed by atoms with van der Waals surface area (Å²) in [6.07, 6.45) is 0. The molecule has 0 bridgehead atoms. The quantitative estimate of drug-likeness (QED) is 0.779. The first-order valence-electron chi connectivity index (χ1n) is 6.26. The van der Waals surface area contributed by atoms with E-state index in [1.807, 2.05) is 0 Å². The predicted octanol–water partition coefficient (Wildman–Crippen LogP) is 2.06. The minimum absolute atomic E-state index is 0.0631. The fraction of sp³-hybridized carbons (Fsp3) is 0.692. The summed E-state index contributed by atoms with van der Waals surface area (Å²) >= 11 is 1.53. The lowest BCUT2D eigenvalue weighted by Crippen LogP contribution is -2.44. The number of thiazole rings is 1. The lowest BCUT2D eigenvalue weighted by atomic mass is 9.91. The molecule has 98 valence electrons. The van der Waals surface area contributed by atoms with Crippen LogP contribution in [0.1, 0.15) is 31.3 Å². The molecule has 1 aliphatic rings. The van der Waals surface area contributed by atoms with Crippen LogP contribution in [-0.4, -0.2) is 43.1 Å². The van der Waals surface area contributed by atoms with Crippen molar-refractivity contribution in [2.45, 2.75) is 26.2 Å². The summed E-state index contributed by atoms with van der Waals surface area (Å²) in [6, 6.07) is 2.29. The Morgan fingerprint density at radius 3 is 2.28 bits per heavy atom. The fourth-order valence-corrected chi connectivity index (χ4v) is 3.15. The number of nitriles is 1. The van der Waals surface area contributed by atoms with E-state index in [1.165, 1.54) is 11.3 Å². The zero-order chi connectivity index (χ0) is 13.3. The highest BCUT2D eigenvalue weighted by atomic mass is 32.1. The monoisotopic (exact) mass is 264 g/mol. The minimum Gasteiger partial charge on any atom is -0.345 e. The van der Waals surface area contributed by atoms with Crippen molar-refractivity contribution < 1.29 is 0 Å². The maximum atomic E-state index is 9.23. The van der Waals surface area contributed by atoms with Gasteiger partial charge < -0.3 is 9.80 Å². The fourth-order valence-electron chi connectivity index (χ4n) is 2.03. The second kappa shape index (κ2) is 4.87. The number of piperazine rings is 1. The van der Waals surface area contributed by atoms with Crippen molar-refractivity contribution in [3.8, 4) is 6.07 Å². The maximum Gasteiger partial charge on any atom is 0.186 e. The smallest absolute Gasteiger partial charge is 0.186 e. The summed E-state index contributed by atoms with van der Waals surface area (Å²) in [4.78, 5) is 10.1. The molecule has 0 aromatic carbocycles. The largest absolute Gasteiger partial charge is 0.345 e. The van der Waals surface area contributed by atoms with Crippen LogP contribution in [-0.2, 0) is 5.41 Å². The van der Waals surface area contributed by atoms with E-state index in [0.29, 0.717) is 0 Å². The van der Waals surface area contributed by atoms with E-state index in [1.54, 1.807) is 0 Å². The van der Waals surface area contributed by atoms with Crippen LogP contribution in [0.2, 0.25) is 0 Å². The summed E-state index contributed by atoms with van der Waals surface area (Å²) < 4.78 is 0. The van der Waals surface area contributed by atoms with Crippen molar-refractivity contribution in [3.05, 3.63) is 10.6 Å². The van der Waals surface area contributed by atoms with Gasteiger partial charge in [0, 0.05) is 31.6 Å². The molecule has 2 rings (SSSR count). The first-order valence-corrected chi connectivity index (χ1v) is 7.08. The van der Waals surface area contributed by atoms with Crippen LogP contribution in [0.5, 0.6) is 0 Å². The van der Waals surface area contributed by atoms with Crippen molar-refractivity contribution in [2.24, 2.45) is 0 Å². The summed E-state index contributed by atoms with van der Waals surface area (Å²) in [5.41, 5.74) is 0.871. The van der Waals surface area contributed by atoms with Crippen molar-refractivity contribution >= 4 is 16.5 Å². The Balaban J connectivity index is 2.25. The Hall–Kier alpha value is -1.12. The molecule has 5 heteroatoms. The number of hydrogen-bond donors (Lipinski definition) is 0. The Bertz CT molecular complexity index is 458. The van der Waals surface area contributed by atoms with Gasteiger partial charge in [-0.05, 0) is 7.05 Å². The molecule has 1 aromatic rings. The molecule has 0 unspecified atom stereocenters. The average molecular weight is 264 g/mol. The number of likely N-dealkylation sites (N-methyl/N-ethyl adjacent to an activating group) is 1. The standard InChI is InChI=1S/C13H20N4S/c1-13(2,3)11-10(9-14)18-12(15-11)17-7-5-16(4)6-8-17/h5-8H2,1-4H3. The number of nitrogens with zero attached hydrogens (tertiary/aromatic N) is 4. The molecule has 1 saturated heterocycles. The second-order valence-corrected chi connectivity index (χ2v) is 6.80. The van der Waals surface area contributed by atoms with E-state index in [9.17, 15) is 5.26 Å². The van der Waals surface area contributed by atoms with Crippen LogP contribution in [0.25, 0.3) is 0 Å². The van der Waals surface area contributed by atoms with Crippen LogP contribution in [0.4, 0.5) is 5.13 Å². The van der Waals surface area contributed by atoms with Crippen LogP contribution in [0.3, 0.4) is 0 Å². The molecule has 0 amide bonds. The highest BCUT2D eigenvalue weighted by Crippen LogP contribution is 2.33. The zero-order valence-electron chi connectivity index (χ0n) is 11.5. The van der Waals surface area contributed by atoms with Gasteiger partial charge in [-0.2, -0.15) is 5.26 Å². The van der Waals surface area contributed by atoms with Crippen molar-refractivity contribution in [1.29, 1.82) is 5.26 Å².